The first kappa shape index (κ1) is 28.4. The Morgan fingerprint density at radius 1 is 0.667 bits per heavy atom. The monoisotopic (exact) mass is 556 g/mol. The highest BCUT2D eigenvalue weighted by Gasteiger charge is 2.45. The van der Waals surface area contributed by atoms with Crippen LogP contribution in [0.15, 0.2) is 103 Å². The number of aliphatic hydroxyl groups is 1. The SMILES string of the molecule is N#Cc1cccc(CN2C(=O)N(Cc3cccc(C#N)c3)[C@H](Cc3ccc(O)cc3)[C@H](O)[C@H]2CCc2ccccc2)c1. The minimum atomic E-state index is -0.890. The number of phenolic OH excluding ortho intramolecular Hbond substituents is 1. The van der Waals surface area contributed by atoms with Crippen molar-refractivity contribution in [3.8, 4) is 17.9 Å². The van der Waals surface area contributed by atoms with Gasteiger partial charge < -0.3 is 20.0 Å². The molecule has 4 aromatic rings. The van der Waals surface area contributed by atoms with E-state index in [2.05, 4.69) is 12.1 Å². The molecular formula is C35H32N4O3. The maximum Gasteiger partial charge on any atom is 0.321 e. The molecule has 0 spiro atoms. The van der Waals surface area contributed by atoms with Crippen LogP contribution in [0.1, 0.15) is 39.8 Å². The zero-order valence-electron chi connectivity index (χ0n) is 23.2. The number of amides is 2. The molecule has 7 nitrogen and oxygen atoms in total. The highest BCUT2D eigenvalue weighted by atomic mass is 16.3. The van der Waals surface area contributed by atoms with Crippen molar-refractivity contribution < 1.29 is 15.0 Å². The number of aromatic hydroxyl groups is 1. The third-order valence-electron chi connectivity index (χ3n) is 7.85. The van der Waals surface area contributed by atoms with Crippen LogP contribution in [0, 0.1) is 22.7 Å². The zero-order valence-corrected chi connectivity index (χ0v) is 23.2. The molecule has 0 bridgehead atoms. The van der Waals surface area contributed by atoms with Crippen LogP contribution in [0.5, 0.6) is 5.75 Å². The van der Waals surface area contributed by atoms with Crippen LogP contribution < -0.4 is 0 Å². The summed E-state index contributed by atoms with van der Waals surface area (Å²) < 4.78 is 0. The van der Waals surface area contributed by atoms with Gasteiger partial charge in [0.1, 0.15) is 5.75 Å². The molecule has 7 heteroatoms. The first-order valence-electron chi connectivity index (χ1n) is 14.0. The molecule has 4 aromatic carbocycles. The Morgan fingerprint density at radius 3 is 1.79 bits per heavy atom. The number of urea groups is 1. The van der Waals surface area contributed by atoms with Crippen LogP contribution >= 0.6 is 0 Å². The molecule has 1 saturated heterocycles. The molecule has 0 radical (unpaired) electrons. The number of nitriles is 2. The fourth-order valence-corrected chi connectivity index (χ4v) is 5.71. The van der Waals surface area contributed by atoms with E-state index in [4.69, 9.17) is 0 Å². The van der Waals surface area contributed by atoms with E-state index in [0.717, 1.165) is 22.3 Å². The first-order chi connectivity index (χ1) is 20.4. The van der Waals surface area contributed by atoms with E-state index in [9.17, 15) is 25.5 Å². The molecule has 1 heterocycles. The van der Waals surface area contributed by atoms with Gasteiger partial charge in [-0.25, -0.2) is 4.79 Å². The third-order valence-corrected chi connectivity index (χ3v) is 7.85. The lowest BCUT2D eigenvalue weighted by atomic mass is 9.88. The summed E-state index contributed by atoms with van der Waals surface area (Å²) in [6, 6.07) is 34.3. The summed E-state index contributed by atoms with van der Waals surface area (Å²) in [5.41, 5.74) is 4.61. The second-order valence-corrected chi connectivity index (χ2v) is 10.7. The Bertz CT molecular complexity index is 1610. The van der Waals surface area contributed by atoms with Gasteiger partial charge in [0.05, 0.1) is 41.5 Å². The van der Waals surface area contributed by atoms with Crippen LogP contribution in [-0.4, -0.2) is 44.2 Å². The van der Waals surface area contributed by atoms with Crippen LogP contribution in [0.2, 0.25) is 0 Å². The molecule has 5 rings (SSSR count). The molecular weight excluding hydrogens is 524 g/mol. The number of nitrogens with zero attached hydrogens (tertiary/aromatic N) is 4. The fraction of sp³-hybridized carbons (Fsp3) is 0.229. The van der Waals surface area contributed by atoms with Crippen molar-refractivity contribution in [1.82, 2.24) is 9.80 Å². The van der Waals surface area contributed by atoms with Gasteiger partial charge in [0.25, 0.3) is 0 Å². The van der Waals surface area contributed by atoms with Gasteiger partial charge >= 0.3 is 6.03 Å². The molecule has 210 valence electrons. The van der Waals surface area contributed by atoms with Crippen molar-refractivity contribution in [1.29, 1.82) is 10.5 Å². The Morgan fingerprint density at radius 2 is 1.21 bits per heavy atom. The molecule has 1 fully saturated rings. The maximum atomic E-state index is 14.4. The topological polar surface area (TPSA) is 112 Å². The van der Waals surface area contributed by atoms with Gasteiger partial charge in [-0.15, -0.1) is 0 Å². The smallest absolute Gasteiger partial charge is 0.321 e. The van der Waals surface area contributed by atoms with Crippen molar-refractivity contribution >= 4 is 6.03 Å². The van der Waals surface area contributed by atoms with E-state index in [0.29, 0.717) is 30.4 Å². The number of benzene rings is 4. The lowest BCUT2D eigenvalue weighted by Crippen LogP contribution is -2.66. The molecule has 1 aliphatic heterocycles. The average Bonchev–Trinajstić information content (AvgIpc) is 3.02. The largest absolute Gasteiger partial charge is 0.508 e. The molecule has 0 aliphatic carbocycles. The van der Waals surface area contributed by atoms with Gasteiger partial charge in [0.15, 0.2) is 0 Å². The van der Waals surface area contributed by atoms with Gasteiger partial charge in [-0.05, 0) is 77.9 Å². The van der Waals surface area contributed by atoms with Gasteiger partial charge in [-0.2, -0.15) is 10.5 Å². The number of hydrogen-bond donors (Lipinski definition) is 2. The van der Waals surface area contributed by atoms with Crippen LogP contribution in [0.4, 0.5) is 4.79 Å². The molecule has 1 aliphatic rings. The van der Waals surface area contributed by atoms with Crippen LogP contribution in [0.25, 0.3) is 0 Å². The number of aryl methyl sites for hydroxylation is 1. The molecule has 2 amide bonds. The summed E-state index contributed by atoms with van der Waals surface area (Å²) in [6.45, 7) is 0.458. The van der Waals surface area contributed by atoms with Gasteiger partial charge in [0, 0.05) is 13.1 Å². The standard InChI is InChI=1S/C35H32N4O3/c36-21-27-8-4-10-29(18-27)23-38-32(17-14-25-6-2-1-3-7-25)34(41)33(20-26-12-15-31(40)16-13-26)39(35(38)42)24-30-11-5-9-28(19-30)22-37/h1-13,15-16,18-19,32-34,40-41H,14,17,20,23-24H2/t32-,33-,34-/m1/s1. The summed E-state index contributed by atoms with van der Waals surface area (Å²) in [7, 11) is 0. The minimum Gasteiger partial charge on any atom is -0.508 e. The van der Waals surface area contributed by atoms with Crippen LogP contribution in [-0.2, 0) is 25.9 Å². The van der Waals surface area contributed by atoms with Gasteiger partial charge in [-0.3, -0.25) is 0 Å². The van der Waals surface area contributed by atoms with Crippen LogP contribution in [0.3, 0.4) is 0 Å². The van der Waals surface area contributed by atoms with E-state index in [1.54, 1.807) is 70.5 Å². The quantitative estimate of drug-likeness (QED) is 0.281. The van der Waals surface area contributed by atoms with Crippen molar-refractivity contribution in [2.24, 2.45) is 0 Å². The highest BCUT2D eigenvalue weighted by molar-refractivity contribution is 5.77. The summed E-state index contributed by atoms with van der Waals surface area (Å²) in [5, 5.41) is 40.8. The summed E-state index contributed by atoms with van der Waals surface area (Å²) in [6.07, 6.45) is 0.739. The lowest BCUT2D eigenvalue weighted by Gasteiger charge is -2.49. The second-order valence-electron chi connectivity index (χ2n) is 10.7. The highest BCUT2D eigenvalue weighted by Crippen LogP contribution is 2.31. The van der Waals surface area contributed by atoms with Crippen molar-refractivity contribution in [3.63, 3.8) is 0 Å². The summed E-state index contributed by atoms with van der Waals surface area (Å²) in [4.78, 5) is 17.9. The Labute approximate surface area is 246 Å². The summed E-state index contributed by atoms with van der Waals surface area (Å²) >= 11 is 0. The maximum absolute atomic E-state index is 14.4. The average molecular weight is 557 g/mol. The molecule has 3 atom stereocenters. The molecule has 0 saturated carbocycles. The normalized spacial score (nSPS) is 18.4. The predicted octanol–water partition coefficient (Wildman–Crippen LogP) is 5.55. The van der Waals surface area contributed by atoms with Crippen molar-refractivity contribution in [2.75, 3.05) is 0 Å². The molecule has 0 aromatic heterocycles. The van der Waals surface area contributed by atoms with E-state index in [-0.39, 0.29) is 24.9 Å². The molecule has 2 N–H and O–H groups in total. The number of carbonyl (C=O) groups is 1. The fourth-order valence-electron chi connectivity index (χ4n) is 5.71. The Hall–Kier alpha value is -5.11. The van der Waals surface area contributed by atoms with Gasteiger partial charge in [-0.1, -0.05) is 66.7 Å². The van der Waals surface area contributed by atoms with Gasteiger partial charge in [0.2, 0.25) is 0 Å². The number of hydrogen-bond acceptors (Lipinski definition) is 5. The van der Waals surface area contributed by atoms with E-state index in [1.165, 1.54) is 0 Å². The first-order valence-corrected chi connectivity index (χ1v) is 14.0. The van der Waals surface area contributed by atoms with E-state index < -0.39 is 18.2 Å². The van der Waals surface area contributed by atoms with E-state index in [1.807, 2.05) is 42.5 Å². The molecule has 42 heavy (non-hydrogen) atoms. The number of aliphatic hydroxyl groups excluding tert-OH is 1. The number of carbonyl (C=O) groups excluding carboxylic acids is 1. The zero-order chi connectivity index (χ0) is 29.5. The van der Waals surface area contributed by atoms with Crippen molar-refractivity contribution in [2.45, 2.75) is 50.5 Å². The number of rotatable bonds is 9. The molecule has 0 unspecified atom stereocenters. The lowest BCUT2D eigenvalue weighted by molar-refractivity contribution is -0.0453. The third kappa shape index (κ3) is 6.61. The van der Waals surface area contributed by atoms with E-state index >= 15 is 0 Å². The second kappa shape index (κ2) is 13.0. The minimum absolute atomic E-state index is 0.149. The Kier molecular flexibility index (Phi) is 8.82. The van der Waals surface area contributed by atoms with Crippen molar-refractivity contribution in [3.05, 3.63) is 137 Å². The predicted molar refractivity (Wildman–Crippen MR) is 159 cm³/mol. The Balaban J connectivity index is 1.53. The number of phenols is 1. The summed E-state index contributed by atoms with van der Waals surface area (Å²) in [5.74, 6) is 0.149.